The molecule has 0 unspecified atom stereocenters. The smallest absolute Gasteiger partial charge is 0.256 e. The van der Waals surface area contributed by atoms with Gasteiger partial charge in [-0.1, -0.05) is 17.7 Å². The normalized spacial score (nSPS) is 19.5. The molecule has 236 valence electrons. The topological polar surface area (TPSA) is 141 Å². The van der Waals surface area contributed by atoms with E-state index in [1.54, 1.807) is 29.5 Å². The summed E-state index contributed by atoms with van der Waals surface area (Å²) in [5, 5.41) is 21.7. The van der Waals surface area contributed by atoms with Gasteiger partial charge >= 0.3 is 0 Å². The lowest BCUT2D eigenvalue weighted by Crippen LogP contribution is -2.45. The molecule has 1 saturated carbocycles. The number of rotatable bonds is 12. The highest BCUT2D eigenvalue weighted by Crippen LogP contribution is 2.35. The van der Waals surface area contributed by atoms with Gasteiger partial charge in [-0.05, 0) is 50.3 Å². The van der Waals surface area contributed by atoms with Crippen molar-refractivity contribution >= 4 is 23.2 Å². The Bertz CT molecular complexity index is 1560. The van der Waals surface area contributed by atoms with Gasteiger partial charge in [0.15, 0.2) is 0 Å². The number of nitrogens with one attached hydrogen (secondary N) is 1. The SMILES string of the molecule is C[C@@H](Cn1cncn1)Oc1cc(-c2cnc(Nc3cn([C@H]4CC[C@H](N5CCOCC5)CC4)nc3OCCC#N)nc2)ccc1Cl. The van der Waals surface area contributed by atoms with Crippen molar-refractivity contribution in [3.8, 4) is 28.8 Å². The highest BCUT2D eigenvalue weighted by molar-refractivity contribution is 6.32. The minimum absolute atomic E-state index is 0.174. The van der Waals surface area contributed by atoms with Crippen LogP contribution in [0.3, 0.4) is 0 Å². The van der Waals surface area contributed by atoms with Crippen molar-refractivity contribution in [3.05, 3.63) is 54.5 Å². The number of morpholine rings is 1. The third-order valence-electron chi connectivity index (χ3n) is 8.15. The largest absolute Gasteiger partial charge is 0.487 e. The van der Waals surface area contributed by atoms with Crippen LogP contribution in [0.4, 0.5) is 11.6 Å². The van der Waals surface area contributed by atoms with Gasteiger partial charge in [-0.2, -0.15) is 10.4 Å². The molecule has 0 bridgehead atoms. The van der Waals surface area contributed by atoms with Crippen LogP contribution >= 0.6 is 11.6 Å². The molecule has 45 heavy (non-hydrogen) atoms. The number of aromatic nitrogens is 7. The van der Waals surface area contributed by atoms with Gasteiger partial charge in [0, 0.05) is 37.1 Å². The van der Waals surface area contributed by atoms with E-state index >= 15 is 0 Å². The molecule has 14 heteroatoms. The Morgan fingerprint density at radius 3 is 2.62 bits per heavy atom. The molecule has 4 aromatic rings. The number of hydrogen-bond donors (Lipinski definition) is 1. The van der Waals surface area contributed by atoms with E-state index in [9.17, 15) is 0 Å². The quantitative estimate of drug-likeness (QED) is 0.213. The number of hydrogen-bond acceptors (Lipinski definition) is 11. The maximum absolute atomic E-state index is 9.01. The van der Waals surface area contributed by atoms with Crippen molar-refractivity contribution < 1.29 is 14.2 Å². The first-order valence-corrected chi connectivity index (χ1v) is 15.7. The summed E-state index contributed by atoms with van der Waals surface area (Å²) in [6.45, 7) is 6.41. The van der Waals surface area contributed by atoms with Crippen LogP contribution in [0, 0.1) is 11.3 Å². The van der Waals surface area contributed by atoms with Gasteiger partial charge in [0.25, 0.3) is 5.88 Å². The van der Waals surface area contributed by atoms with E-state index in [4.69, 9.17) is 36.2 Å². The zero-order valence-electron chi connectivity index (χ0n) is 25.3. The summed E-state index contributed by atoms with van der Waals surface area (Å²) >= 11 is 6.44. The zero-order chi connectivity index (χ0) is 31.0. The fourth-order valence-corrected chi connectivity index (χ4v) is 6.02. The fraction of sp³-hybridized carbons (Fsp3) is 0.484. The average molecular weight is 633 g/mol. The van der Waals surface area contributed by atoms with Crippen LogP contribution in [0.25, 0.3) is 11.1 Å². The molecule has 1 aliphatic heterocycles. The number of nitrogens with zero attached hydrogens (tertiary/aromatic N) is 9. The van der Waals surface area contributed by atoms with Crippen LogP contribution in [0.2, 0.25) is 5.02 Å². The first-order chi connectivity index (χ1) is 22.1. The zero-order valence-corrected chi connectivity index (χ0v) is 26.0. The third kappa shape index (κ3) is 7.89. The second-order valence-electron chi connectivity index (χ2n) is 11.3. The number of ether oxygens (including phenoxy) is 3. The lowest BCUT2D eigenvalue weighted by molar-refractivity contribution is 0.00503. The van der Waals surface area contributed by atoms with Gasteiger partial charge in [0.05, 0.1) is 49.5 Å². The summed E-state index contributed by atoms with van der Waals surface area (Å²) in [5.41, 5.74) is 2.35. The molecule has 6 rings (SSSR count). The molecule has 1 atom stereocenters. The molecule has 2 fully saturated rings. The van der Waals surface area contributed by atoms with Gasteiger partial charge in [0.2, 0.25) is 5.95 Å². The number of benzene rings is 1. The van der Waals surface area contributed by atoms with Crippen molar-refractivity contribution in [2.45, 2.75) is 63.8 Å². The van der Waals surface area contributed by atoms with Crippen LogP contribution < -0.4 is 14.8 Å². The van der Waals surface area contributed by atoms with Gasteiger partial charge in [-0.25, -0.2) is 19.6 Å². The molecule has 1 aromatic carbocycles. The molecule has 1 N–H and O–H groups in total. The molecule has 13 nitrogen and oxygen atoms in total. The van der Waals surface area contributed by atoms with E-state index in [-0.39, 0.29) is 25.2 Å². The second kappa shape index (κ2) is 14.7. The van der Waals surface area contributed by atoms with E-state index in [0.717, 1.165) is 63.1 Å². The Morgan fingerprint density at radius 1 is 1.11 bits per heavy atom. The van der Waals surface area contributed by atoms with Crippen molar-refractivity contribution in [2.24, 2.45) is 0 Å². The predicted octanol–water partition coefficient (Wildman–Crippen LogP) is 4.90. The lowest BCUT2D eigenvalue weighted by atomic mass is 9.90. The van der Waals surface area contributed by atoms with E-state index in [1.807, 2.05) is 29.9 Å². The van der Waals surface area contributed by atoms with E-state index in [1.165, 1.54) is 6.33 Å². The van der Waals surface area contributed by atoms with Crippen molar-refractivity contribution in [1.82, 2.24) is 39.4 Å². The van der Waals surface area contributed by atoms with Gasteiger partial charge in [-0.3, -0.25) is 9.58 Å². The molecular formula is C31H37ClN10O3. The van der Waals surface area contributed by atoms with Crippen molar-refractivity contribution in [2.75, 3.05) is 38.2 Å². The fourth-order valence-electron chi connectivity index (χ4n) is 5.86. The molecule has 3 aromatic heterocycles. The van der Waals surface area contributed by atoms with Gasteiger partial charge in [-0.15, -0.1) is 5.10 Å². The summed E-state index contributed by atoms with van der Waals surface area (Å²) < 4.78 is 21.2. The maximum atomic E-state index is 9.01. The predicted molar refractivity (Wildman–Crippen MR) is 168 cm³/mol. The summed E-state index contributed by atoms with van der Waals surface area (Å²) in [7, 11) is 0. The highest BCUT2D eigenvalue weighted by Gasteiger charge is 2.29. The van der Waals surface area contributed by atoms with E-state index in [2.05, 4.69) is 36.3 Å². The number of halogens is 1. The third-order valence-corrected chi connectivity index (χ3v) is 8.47. The Kier molecular flexibility index (Phi) is 10.0. The Hall–Kier alpha value is -4.25. The van der Waals surface area contributed by atoms with Gasteiger partial charge < -0.3 is 19.5 Å². The van der Waals surface area contributed by atoms with Crippen molar-refractivity contribution in [3.63, 3.8) is 0 Å². The Balaban J connectivity index is 1.12. The Morgan fingerprint density at radius 2 is 1.89 bits per heavy atom. The average Bonchev–Trinajstić information content (AvgIpc) is 3.73. The highest BCUT2D eigenvalue weighted by atomic mass is 35.5. The second-order valence-corrected chi connectivity index (χ2v) is 11.7. The van der Waals surface area contributed by atoms with Crippen LogP contribution in [0.5, 0.6) is 11.6 Å². The lowest BCUT2D eigenvalue weighted by Gasteiger charge is -2.38. The monoisotopic (exact) mass is 632 g/mol. The van der Waals surface area contributed by atoms with Crippen LogP contribution in [-0.2, 0) is 11.3 Å². The molecular weight excluding hydrogens is 596 g/mol. The number of anilines is 2. The number of nitriles is 1. The minimum atomic E-state index is -0.174. The first-order valence-electron chi connectivity index (χ1n) is 15.3. The Labute approximate surface area is 267 Å². The molecule has 1 aliphatic carbocycles. The summed E-state index contributed by atoms with van der Waals surface area (Å²) in [5.74, 6) is 1.41. The summed E-state index contributed by atoms with van der Waals surface area (Å²) in [4.78, 5) is 15.7. The van der Waals surface area contributed by atoms with E-state index < -0.39 is 0 Å². The molecule has 0 amide bonds. The summed E-state index contributed by atoms with van der Waals surface area (Å²) in [6, 6.07) is 8.58. The van der Waals surface area contributed by atoms with Crippen LogP contribution in [-0.4, -0.2) is 84.5 Å². The maximum Gasteiger partial charge on any atom is 0.256 e. The van der Waals surface area contributed by atoms with E-state index in [0.29, 0.717) is 40.9 Å². The van der Waals surface area contributed by atoms with Crippen molar-refractivity contribution in [1.29, 1.82) is 5.26 Å². The molecule has 0 radical (unpaired) electrons. The first kappa shape index (κ1) is 30.8. The molecule has 4 heterocycles. The molecule has 2 aliphatic rings. The molecule has 1 saturated heterocycles. The van der Waals surface area contributed by atoms with Gasteiger partial charge in [0.1, 0.15) is 36.8 Å². The summed E-state index contributed by atoms with van der Waals surface area (Å²) in [6.07, 6.45) is 13.0. The standard InChI is InChI=1S/C31H37ClN10O3/c1-22(18-41-21-34-20-37-41)45-29-15-23(3-8-27(29)32)24-16-35-31(36-17-24)38-28-19-42(39-30(28)44-12-2-9-33)26-6-4-25(5-7-26)40-10-13-43-14-11-40/h3,8,15-17,19-22,25-26H,2,4-7,10-14,18H2,1H3,(H,35,36,38)/t22-,25-,26-/m0/s1. The molecule has 0 spiro atoms. The van der Waals surface area contributed by atoms with Crippen LogP contribution in [0.1, 0.15) is 45.1 Å². The minimum Gasteiger partial charge on any atom is -0.487 e. The van der Waals surface area contributed by atoms with Crippen LogP contribution in [0.15, 0.2) is 49.4 Å².